The van der Waals surface area contributed by atoms with E-state index in [1.165, 1.54) is 28.1 Å². The van der Waals surface area contributed by atoms with Crippen LogP contribution in [0.3, 0.4) is 0 Å². The molecule has 1 amide bonds. The molecule has 7 heteroatoms. The predicted molar refractivity (Wildman–Crippen MR) is 90.0 cm³/mol. The normalized spacial score (nSPS) is 16.0. The van der Waals surface area contributed by atoms with Gasteiger partial charge in [-0.3, -0.25) is 4.79 Å². The molecule has 0 radical (unpaired) electrons. The number of sulfonamides is 1. The van der Waals surface area contributed by atoms with Crippen molar-refractivity contribution < 1.29 is 18.1 Å². The third-order valence-corrected chi connectivity index (χ3v) is 6.23. The zero-order chi connectivity index (χ0) is 16.9. The Morgan fingerprint density at radius 2 is 1.87 bits per heavy atom. The number of quaternary nitrogens is 1. The molecule has 0 saturated carbocycles. The molecule has 0 aliphatic carbocycles. The number of benzene rings is 1. The Labute approximate surface area is 138 Å². The highest BCUT2D eigenvalue weighted by atomic mass is 32.2. The molecule has 128 valence electrons. The summed E-state index contributed by atoms with van der Waals surface area (Å²) in [4.78, 5) is 13.6. The molecule has 6 nitrogen and oxygen atoms in total. The number of amides is 1. The van der Waals surface area contributed by atoms with Crippen molar-refractivity contribution in [3.8, 4) is 0 Å². The van der Waals surface area contributed by atoms with Crippen LogP contribution in [0.25, 0.3) is 0 Å². The third kappa shape index (κ3) is 4.53. The maximum absolute atomic E-state index is 12.5. The van der Waals surface area contributed by atoms with Crippen LogP contribution in [0.15, 0.2) is 29.2 Å². The molecule has 2 rings (SSSR count). The Balaban J connectivity index is 2.08. The van der Waals surface area contributed by atoms with Crippen molar-refractivity contribution in [3.05, 3.63) is 24.3 Å². The molecule has 0 atom stereocenters. The molecule has 1 saturated heterocycles. The van der Waals surface area contributed by atoms with Crippen LogP contribution in [-0.4, -0.2) is 51.4 Å². The van der Waals surface area contributed by atoms with Crippen molar-refractivity contribution in [2.45, 2.75) is 31.6 Å². The molecule has 23 heavy (non-hydrogen) atoms. The van der Waals surface area contributed by atoms with Crippen molar-refractivity contribution >= 4 is 21.6 Å². The number of hydrogen-bond acceptors (Lipinski definition) is 3. The molecule has 1 aliphatic rings. The molecule has 0 spiro atoms. The summed E-state index contributed by atoms with van der Waals surface area (Å²) in [7, 11) is -3.51. The fourth-order valence-corrected chi connectivity index (χ4v) is 4.44. The van der Waals surface area contributed by atoms with Gasteiger partial charge in [-0.15, -0.1) is 0 Å². The van der Waals surface area contributed by atoms with E-state index in [-0.39, 0.29) is 10.8 Å². The van der Waals surface area contributed by atoms with Gasteiger partial charge < -0.3 is 10.2 Å². The summed E-state index contributed by atoms with van der Waals surface area (Å²) < 4.78 is 26.4. The highest BCUT2D eigenvalue weighted by molar-refractivity contribution is 7.89. The number of hydrogen-bond donors (Lipinski definition) is 2. The van der Waals surface area contributed by atoms with Crippen LogP contribution in [0, 0.1) is 0 Å². The molecule has 1 aromatic rings. The van der Waals surface area contributed by atoms with Gasteiger partial charge in [0.2, 0.25) is 10.0 Å². The number of carbonyl (C=O) groups excluding carboxylic acids is 1. The van der Waals surface area contributed by atoms with Gasteiger partial charge in [-0.05, 0) is 18.2 Å². The van der Waals surface area contributed by atoms with Crippen molar-refractivity contribution in [1.82, 2.24) is 4.31 Å². The van der Waals surface area contributed by atoms with Gasteiger partial charge in [-0.25, -0.2) is 8.42 Å². The minimum Gasteiger partial charge on any atom is -0.327 e. The molecule has 0 bridgehead atoms. The van der Waals surface area contributed by atoms with Crippen molar-refractivity contribution in [2.24, 2.45) is 0 Å². The summed E-state index contributed by atoms with van der Waals surface area (Å²) in [5, 5.41) is 2.81. The molecule has 1 aliphatic heterocycles. The van der Waals surface area contributed by atoms with E-state index in [2.05, 4.69) is 5.32 Å². The molecule has 1 heterocycles. The maximum Gasteiger partial charge on any atom is 0.279 e. The van der Waals surface area contributed by atoms with Gasteiger partial charge in [0.15, 0.2) is 6.54 Å². The topological polar surface area (TPSA) is 70.9 Å². The molecule has 1 fully saturated rings. The van der Waals surface area contributed by atoms with Crippen molar-refractivity contribution in [3.63, 3.8) is 0 Å². The van der Waals surface area contributed by atoms with Gasteiger partial charge in [0.1, 0.15) is 0 Å². The molecular weight excluding hydrogens is 314 g/mol. The van der Waals surface area contributed by atoms with Crippen LogP contribution >= 0.6 is 0 Å². The molecular formula is C16H26N3O3S+. The molecule has 0 unspecified atom stereocenters. The van der Waals surface area contributed by atoms with Gasteiger partial charge in [0.25, 0.3) is 5.91 Å². The average molecular weight is 340 g/mol. The number of rotatable bonds is 7. The van der Waals surface area contributed by atoms with Gasteiger partial charge in [-0.1, -0.05) is 19.9 Å². The summed E-state index contributed by atoms with van der Waals surface area (Å²) in [5.74, 6) is -0.0701. The lowest BCUT2D eigenvalue weighted by atomic mass is 10.3. The highest BCUT2D eigenvalue weighted by Crippen LogP contribution is 2.19. The van der Waals surface area contributed by atoms with Crippen LogP contribution in [0.5, 0.6) is 0 Å². The number of nitrogens with zero attached hydrogens (tertiary/aromatic N) is 1. The summed E-state index contributed by atoms with van der Waals surface area (Å²) in [5.41, 5.74) is 0.529. The number of carbonyl (C=O) groups is 1. The lowest BCUT2D eigenvalue weighted by molar-refractivity contribution is -0.878. The zero-order valence-electron chi connectivity index (χ0n) is 13.8. The van der Waals surface area contributed by atoms with E-state index in [4.69, 9.17) is 0 Å². The van der Waals surface area contributed by atoms with E-state index >= 15 is 0 Å². The summed E-state index contributed by atoms with van der Waals surface area (Å²) >= 11 is 0. The minimum atomic E-state index is -3.51. The first-order chi connectivity index (χ1) is 11.0. The zero-order valence-corrected chi connectivity index (χ0v) is 14.7. The van der Waals surface area contributed by atoms with Crippen LogP contribution in [-0.2, 0) is 14.8 Å². The number of nitrogens with one attached hydrogen (secondary N) is 2. The Hall–Kier alpha value is -1.44. The first kappa shape index (κ1) is 17.9. The Bertz CT molecular complexity index is 636. The third-order valence-electron chi connectivity index (χ3n) is 4.18. The lowest BCUT2D eigenvalue weighted by Gasteiger charge is -2.19. The fourth-order valence-electron chi connectivity index (χ4n) is 2.93. The number of anilines is 1. The fraction of sp³-hybridized carbons (Fsp3) is 0.562. The Morgan fingerprint density at radius 1 is 1.22 bits per heavy atom. The molecule has 2 N–H and O–H groups in total. The lowest BCUT2D eigenvalue weighted by Crippen LogP contribution is -3.11. The van der Waals surface area contributed by atoms with Crippen LogP contribution in [0.4, 0.5) is 5.69 Å². The quantitative estimate of drug-likeness (QED) is 0.752. The maximum atomic E-state index is 12.5. The monoisotopic (exact) mass is 340 g/mol. The van der Waals surface area contributed by atoms with Crippen molar-refractivity contribution in [2.75, 3.05) is 38.0 Å². The summed E-state index contributed by atoms with van der Waals surface area (Å²) in [6.07, 6.45) is 2.33. The van der Waals surface area contributed by atoms with Crippen molar-refractivity contribution in [1.29, 1.82) is 0 Å². The summed E-state index contributed by atoms with van der Waals surface area (Å²) in [6.45, 7) is 6.97. The first-order valence-electron chi connectivity index (χ1n) is 8.21. The second kappa shape index (κ2) is 7.90. The van der Waals surface area contributed by atoms with Crippen LogP contribution < -0.4 is 10.2 Å². The minimum absolute atomic E-state index is 0.0701. The highest BCUT2D eigenvalue weighted by Gasteiger charge is 2.22. The first-order valence-corrected chi connectivity index (χ1v) is 9.65. The van der Waals surface area contributed by atoms with Crippen LogP contribution in [0.2, 0.25) is 0 Å². The van der Waals surface area contributed by atoms with Gasteiger partial charge in [0.05, 0.1) is 18.0 Å². The summed E-state index contributed by atoms with van der Waals surface area (Å²) in [6, 6.07) is 6.48. The van der Waals surface area contributed by atoms with Gasteiger partial charge >= 0.3 is 0 Å². The predicted octanol–water partition coefficient (Wildman–Crippen LogP) is 0.334. The number of likely N-dealkylation sites (tertiary alicyclic amines) is 1. The van der Waals surface area contributed by atoms with Crippen LogP contribution in [0.1, 0.15) is 26.7 Å². The van der Waals surface area contributed by atoms with E-state index in [1.54, 1.807) is 18.2 Å². The van der Waals surface area contributed by atoms with E-state index in [0.717, 1.165) is 13.1 Å². The van der Waals surface area contributed by atoms with E-state index in [1.807, 2.05) is 13.8 Å². The largest absolute Gasteiger partial charge is 0.327 e. The standard InChI is InChI=1S/C16H25N3O3S/c1-3-19(4-2)23(21,22)15-9-7-8-14(12-15)17-16(20)13-18-10-5-6-11-18/h7-9,12H,3-6,10-11,13H2,1-2H3,(H,17,20)/p+1. The molecule has 1 aromatic carbocycles. The Kier molecular flexibility index (Phi) is 6.15. The second-order valence-electron chi connectivity index (χ2n) is 5.80. The average Bonchev–Trinajstić information content (AvgIpc) is 3.01. The molecule has 0 aromatic heterocycles. The second-order valence-corrected chi connectivity index (χ2v) is 7.74. The van der Waals surface area contributed by atoms with Gasteiger partial charge in [-0.2, -0.15) is 4.31 Å². The SMILES string of the molecule is CCN(CC)S(=O)(=O)c1cccc(NC(=O)C[NH+]2CCCC2)c1. The van der Waals surface area contributed by atoms with E-state index in [0.29, 0.717) is 25.3 Å². The Morgan fingerprint density at radius 3 is 2.48 bits per heavy atom. The van der Waals surface area contributed by atoms with E-state index < -0.39 is 10.0 Å². The van der Waals surface area contributed by atoms with Gasteiger partial charge in [0, 0.05) is 31.6 Å². The van der Waals surface area contributed by atoms with E-state index in [9.17, 15) is 13.2 Å². The smallest absolute Gasteiger partial charge is 0.279 e.